The molecule has 0 fully saturated rings. The Labute approximate surface area is 218 Å². The fourth-order valence-electron chi connectivity index (χ4n) is 4.46. The van der Waals surface area contributed by atoms with Crippen LogP contribution >= 0.6 is 0 Å². The fraction of sp³-hybridized carbons (Fsp3) is 0.188. The Morgan fingerprint density at radius 2 is 0.941 bits per heavy atom. The molecule has 6 aromatic carbocycles. The van der Waals surface area contributed by atoms with Crippen LogP contribution in [0.2, 0.25) is 13.1 Å². The summed E-state index contributed by atoms with van der Waals surface area (Å²) in [5.74, 6) is 0. The van der Waals surface area contributed by atoms with Gasteiger partial charge >= 0.3 is 41.9 Å². The van der Waals surface area contributed by atoms with Gasteiger partial charge in [-0.15, -0.1) is 56.9 Å². The molecule has 0 bridgehead atoms. The minimum absolute atomic E-state index is 0.210. The summed E-state index contributed by atoms with van der Waals surface area (Å²) in [6.45, 7) is 9.03. The van der Waals surface area contributed by atoms with Gasteiger partial charge in [0.05, 0.1) is 0 Å². The second-order valence-electron chi connectivity index (χ2n) is 9.01. The molecule has 0 radical (unpaired) electrons. The summed E-state index contributed by atoms with van der Waals surface area (Å²) in [7, 11) is 0. The molecule has 0 unspecified atom stereocenters. The van der Waals surface area contributed by atoms with Gasteiger partial charge in [-0.2, -0.15) is 12.1 Å². The third-order valence-electron chi connectivity index (χ3n) is 6.17. The Balaban J connectivity index is 0.000000140. The second kappa shape index (κ2) is 11.4. The van der Waals surface area contributed by atoms with Gasteiger partial charge in [-0.05, 0) is 12.8 Å². The van der Waals surface area contributed by atoms with E-state index >= 15 is 0 Å². The first-order chi connectivity index (χ1) is 16.5. The zero-order valence-corrected chi connectivity index (χ0v) is 24.1. The normalized spacial score (nSPS) is 10.8. The Kier molecular flexibility index (Phi) is 8.35. The quantitative estimate of drug-likeness (QED) is 0.153. The third-order valence-corrected chi connectivity index (χ3v) is 6.17. The molecule has 34 heavy (non-hydrogen) atoms. The molecule has 0 aliphatic carbocycles. The first-order valence-electron chi connectivity index (χ1n) is 12.2. The standard InChI is InChI=1S/2C15H13.C2H6Si.Zr/c2*1-2-11-9-13-8-7-12-5-3-4-6-14(12)15(13)10-11;1-3-2;/h2*3-10H,2H2,1H3;1-2H3;/q2*-1;;+2. The number of fused-ring (bicyclic) bond motifs is 6. The second-order valence-corrected chi connectivity index (χ2v) is 18.4. The molecule has 0 heterocycles. The molecule has 0 nitrogen and oxygen atoms in total. The molecule has 0 saturated carbocycles. The molecular weight excluding hydrogens is 504 g/mol. The van der Waals surface area contributed by atoms with Crippen molar-refractivity contribution in [3.8, 4) is 0 Å². The zero-order valence-electron chi connectivity index (χ0n) is 20.7. The van der Waals surface area contributed by atoms with Crippen LogP contribution in [-0.4, -0.2) is 5.43 Å². The minimum atomic E-state index is 0.210. The summed E-state index contributed by atoms with van der Waals surface area (Å²) in [6, 6.07) is 35.2. The van der Waals surface area contributed by atoms with Crippen molar-refractivity contribution in [2.45, 2.75) is 39.8 Å². The van der Waals surface area contributed by atoms with Crippen LogP contribution in [0.3, 0.4) is 0 Å². The predicted molar refractivity (Wildman–Crippen MR) is 150 cm³/mol. The van der Waals surface area contributed by atoms with Crippen molar-refractivity contribution in [1.82, 2.24) is 0 Å². The summed E-state index contributed by atoms with van der Waals surface area (Å²) in [6.07, 6.45) is 2.23. The van der Waals surface area contributed by atoms with E-state index in [-0.39, 0.29) is 5.43 Å². The molecule has 0 spiro atoms. The van der Waals surface area contributed by atoms with Gasteiger partial charge in [0.1, 0.15) is 0 Å². The van der Waals surface area contributed by atoms with Crippen LogP contribution in [-0.2, 0) is 36.2 Å². The van der Waals surface area contributed by atoms with E-state index in [0.29, 0.717) is 0 Å². The molecule has 0 aromatic heterocycles. The van der Waals surface area contributed by atoms with Crippen molar-refractivity contribution in [2.75, 3.05) is 0 Å². The van der Waals surface area contributed by atoms with Gasteiger partial charge in [-0.25, -0.2) is 0 Å². The molecule has 168 valence electrons. The van der Waals surface area contributed by atoms with Gasteiger partial charge in [0.25, 0.3) is 0 Å². The van der Waals surface area contributed by atoms with Crippen molar-refractivity contribution in [3.63, 3.8) is 0 Å². The van der Waals surface area contributed by atoms with Crippen LogP contribution in [0, 0.1) is 0 Å². The molecule has 0 aliphatic heterocycles. The molecule has 0 N–H and O–H groups in total. The van der Waals surface area contributed by atoms with Crippen LogP contribution in [0.1, 0.15) is 25.0 Å². The Morgan fingerprint density at radius 3 is 1.32 bits per heavy atom. The monoisotopic (exact) mass is 534 g/mol. The predicted octanol–water partition coefficient (Wildman–Crippen LogP) is 9.33. The van der Waals surface area contributed by atoms with Crippen molar-refractivity contribution in [2.24, 2.45) is 0 Å². The van der Waals surface area contributed by atoms with Gasteiger partial charge in [-0.1, -0.05) is 96.1 Å². The van der Waals surface area contributed by atoms with Gasteiger partial charge in [0.15, 0.2) is 0 Å². The van der Waals surface area contributed by atoms with Gasteiger partial charge in [0, 0.05) is 0 Å². The number of rotatable bonds is 2. The number of hydrogen-bond donors (Lipinski definition) is 0. The molecule has 2 heteroatoms. The fourth-order valence-corrected chi connectivity index (χ4v) is 4.46. The maximum atomic E-state index is 2.32. The summed E-state index contributed by atoms with van der Waals surface area (Å²) in [5, 5.41) is 10.9. The average molecular weight is 536 g/mol. The number of hydrogen-bond acceptors (Lipinski definition) is 0. The molecule has 6 aromatic rings. The summed E-state index contributed by atoms with van der Waals surface area (Å²) in [4.78, 5) is 0. The number of aryl methyl sites for hydroxylation is 2. The van der Waals surface area contributed by atoms with Crippen molar-refractivity contribution in [3.05, 3.63) is 108 Å². The SMILES string of the molecule is CCc1cc2ccc3ccccc3c2[cH-]1.CCc1cc2ccc3ccccc3c2[cH-]1.C[Si](C)=[Zr+2]. The van der Waals surface area contributed by atoms with Gasteiger partial charge < -0.3 is 0 Å². The maximum absolute atomic E-state index is 2.32. The molecule has 6 rings (SSSR count). The summed E-state index contributed by atoms with van der Waals surface area (Å²) in [5.41, 5.74) is 3.07. The van der Waals surface area contributed by atoms with Crippen molar-refractivity contribution < 1.29 is 23.3 Å². The van der Waals surface area contributed by atoms with Crippen LogP contribution < -0.4 is 0 Å². The van der Waals surface area contributed by atoms with Crippen molar-refractivity contribution >= 4 is 48.5 Å². The topological polar surface area (TPSA) is 0 Å². The molecule has 0 atom stereocenters. The van der Waals surface area contributed by atoms with E-state index in [0.717, 1.165) is 12.8 Å². The average Bonchev–Trinajstić information content (AvgIpc) is 3.48. The Bertz CT molecular complexity index is 1450. The summed E-state index contributed by atoms with van der Waals surface area (Å²) < 4.78 is 0. The molecule has 0 aliphatic rings. The van der Waals surface area contributed by atoms with E-state index in [1.165, 1.54) is 54.2 Å². The number of benzene rings is 4. The Morgan fingerprint density at radius 1 is 0.588 bits per heavy atom. The van der Waals surface area contributed by atoms with E-state index in [9.17, 15) is 0 Å². The first-order valence-corrected chi connectivity index (χ1v) is 18.3. The molecule has 0 saturated heterocycles. The van der Waals surface area contributed by atoms with Crippen LogP contribution in [0.4, 0.5) is 0 Å². The van der Waals surface area contributed by atoms with Gasteiger partial charge in [0.2, 0.25) is 0 Å². The zero-order chi connectivity index (χ0) is 24.1. The Hall–Kier alpha value is -2.28. The first kappa shape index (κ1) is 24.8. The molecule has 0 amide bonds. The van der Waals surface area contributed by atoms with Gasteiger partial charge in [-0.3, -0.25) is 0 Å². The van der Waals surface area contributed by atoms with E-state index in [2.05, 4.69) is 124 Å². The van der Waals surface area contributed by atoms with Crippen LogP contribution in [0.15, 0.2) is 97.1 Å². The van der Waals surface area contributed by atoms with Crippen molar-refractivity contribution in [1.29, 1.82) is 0 Å². The summed E-state index contributed by atoms with van der Waals surface area (Å²) >= 11 is 1.74. The third kappa shape index (κ3) is 5.68. The van der Waals surface area contributed by atoms with E-state index < -0.39 is 0 Å². The van der Waals surface area contributed by atoms with Crippen LogP contribution in [0.25, 0.3) is 43.1 Å². The van der Waals surface area contributed by atoms with Crippen LogP contribution in [0.5, 0.6) is 0 Å². The van der Waals surface area contributed by atoms with E-state index in [1.54, 1.807) is 23.3 Å². The van der Waals surface area contributed by atoms with E-state index in [1.807, 2.05) is 0 Å². The van der Waals surface area contributed by atoms with E-state index in [4.69, 9.17) is 0 Å². The molecular formula is C32H32SiZr.